The fraction of sp³-hybridized carbons (Fsp3) is 1.00. The molecular formula is C6H11F2I. The molecule has 0 nitrogen and oxygen atoms in total. The number of alkyl halides is 3. The molecule has 0 atom stereocenters. The Morgan fingerprint density at radius 1 is 1.44 bits per heavy atom. The third kappa shape index (κ3) is 5.06. The lowest BCUT2D eigenvalue weighted by atomic mass is 10.1. The molecule has 0 unspecified atom stereocenters. The van der Waals surface area contributed by atoms with Crippen LogP contribution in [0.2, 0.25) is 0 Å². The first-order chi connectivity index (χ1) is 3.98. The minimum atomic E-state index is -2.45. The number of hydrogen-bond acceptors (Lipinski definition) is 0. The van der Waals surface area contributed by atoms with Crippen molar-refractivity contribution in [1.82, 2.24) is 0 Å². The van der Waals surface area contributed by atoms with E-state index in [4.69, 9.17) is 0 Å². The summed E-state index contributed by atoms with van der Waals surface area (Å²) in [5, 5.41) is 0. The van der Waals surface area contributed by atoms with Crippen molar-refractivity contribution in [3.05, 3.63) is 0 Å². The van der Waals surface area contributed by atoms with Gasteiger partial charge >= 0.3 is 0 Å². The van der Waals surface area contributed by atoms with Crippen molar-refractivity contribution in [3.8, 4) is 0 Å². The lowest BCUT2D eigenvalue weighted by Gasteiger charge is -2.14. The van der Waals surface area contributed by atoms with E-state index in [1.165, 1.54) is 0 Å². The summed E-state index contributed by atoms with van der Waals surface area (Å²) in [6.45, 7) is 3.61. The predicted octanol–water partition coefficient (Wildman–Crippen LogP) is 3.10. The molecule has 0 aliphatic heterocycles. The third-order valence-electron chi connectivity index (χ3n) is 0.902. The maximum atomic E-state index is 12.4. The van der Waals surface area contributed by atoms with Crippen LogP contribution >= 0.6 is 22.6 Å². The second-order valence-corrected chi connectivity index (χ2v) is 3.35. The van der Waals surface area contributed by atoms with Crippen molar-refractivity contribution in [3.63, 3.8) is 0 Å². The Labute approximate surface area is 68.2 Å². The zero-order valence-electron chi connectivity index (χ0n) is 5.63. The molecule has 9 heavy (non-hydrogen) atoms. The normalized spacial score (nSPS) is 12.7. The summed E-state index contributed by atoms with van der Waals surface area (Å²) in [5.41, 5.74) is 0. The molecule has 0 bridgehead atoms. The van der Waals surface area contributed by atoms with Gasteiger partial charge in [0.1, 0.15) is 0 Å². The molecule has 0 aromatic carbocycles. The van der Waals surface area contributed by atoms with Crippen LogP contribution in [-0.4, -0.2) is 10.4 Å². The first-order valence-electron chi connectivity index (χ1n) is 2.92. The van der Waals surface area contributed by atoms with Gasteiger partial charge in [0.15, 0.2) is 0 Å². The molecule has 0 aromatic rings. The van der Waals surface area contributed by atoms with Crippen molar-refractivity contribution in [2.45, 2.75) is 26.2 Å². The number of rotatable bonds is 3. The molecule has 0 rings (SSSR count). The highest BCUT2D eigenvalue weighted by Crippen LogP contribution is 2.24. The van der Waals surface area contributed by atoms with Crippen LogP contribution in [0.3, 0.4) is 0 Å². The van der Waals surface area contributed by atoms with E-state index in [1.54, 1.807) is 36.4 Å². The number of hydrogen-bond donors (Lipinski definition) is 0. The molecule has 0 saturated carbocycles. The zero-order chi connectivity index (χ0) is 7.49. The van der Waals surface area contributed by atoms with Gasteiger partial charge in [-0.15, -0.1) is 0 Å². The Morgan fingerprint density at radius 3 is 2.00 bits per heavy atom. The maximum Gasteiger partial charge on any atom is 0.257 e. The molecule has 0 spiro atoms. The second-order valence-electron chi connectivity index (χ2n) is 2.59. The van der Waals surface area contributed by atoms with E-state index < -0.39 is 5.92 Å². The van der Waals surface area contributed by atoms with E-state index >= 15 is 0 Å². The Hall–Kier alpha value is 0.590. The van der Waals surface area contributed by atoms with Crippen LogP contribution < -0.4 is 0 Å². The van der Waals surface area contributed by atoms with Gasteiger partial charge in [0.25, 0.3) is 5.92 Å². The van der Waals surface area contributed by atoms with Gasteiger partial charge < -0.3 is 0 Å². The Bertz CT molecular complexity index is 81.1. The van der Waals surface area contributed by atoms with Crippen LogP contribution in [0.25, 0.3) is 0 Å². The molecule has 0 saturated heterocycles. The van der Waals surface area contributed by atoms with Gasteiger partial charge in [-0.05, 0) is 5.92 Å². The SMILES string of the molecule is CC(C)CC(F)(F)CI. The molecule has 3 heteroatoms. The third-order valence-corrected chi connectivity index (χ3v) is 2.02. The van der Waals surface area contributed by atoms with E-state index in [9.17, 15) is 8.78 Å². The van der Waals surface area contributed by atoms with Crippen LogP contribution in [0.5, 0.6) is 0 Å². The highest BCUT2D eigenvalue weighted by molar-refractivity contribution is 14.1. The lowest BCUT2D eigenvalue weighted by molar-refractivity contribution is 0.00925. The average molecular weight is 248 g/mol. The fourth-order valence-corrected chi connectivity index (χ4v) is 0.963. The van der Waals surface area contributed by atoms with Crippen molar-refractivity contribution in [2.24, 2.45) is 5.92 Å². The van der Waals surface area contributed by atoms with E-state index in [0.717, 1.165) is 0 Å². The maximum absolute atomic E-state index is 12.4. The Balaban J connectivity index is 3.58. The molecule has 0 fully saturated rings. The van der Waals surface area contributed by atoms with Gasteiger partial charge in [-0.3, -0.25) is 0 Å². The monoisotopic (exact) mass is 248 g/mol. The van der Waals surface area contributed by atoms with Crippen LogP contribution in [0, 0.1) is 5.92 Å². The van der Waals surface area contributed by atoms with Crippen molar-refractivity contribution >= 4 is 22.6 Å². The van der Waals surface area contributed by atoms with Crippen molar-refractivity contribution in [2.75, 3.05) is 4.43 Å². The van der Waals surface area contributed by atoms with E-state index in [-0.39, 0.29) is 16.8 Å². The molecule has 0 N–H and O–H groups in total. The highest BCUT2D eigenvalue weighted by Gasteiger charge is 2.27. The van der Waals surface area contributed by atoms with E-state index in [0.29, 0.717) is 0 Å². The Kier molecular flexibility index (Phi) is 3.93. The first kappa shape index (κ1) is 9.59. The molecule has 0 heterocycles. The first-order valence-corrected chi connectivity index (χ1v) is 4.44. The standard InChI is InChI=1S/C6H11F2I/c1-5(2)3-6(7,8)4-9/h5H,3-4H2,1-2H3. The number of halogens is 3. The van der Waals surface area contributed by atoms with Crippen LogP contribution in [0.1, 0.15) is 20.3 Å². The summed E-state index contributed by atoms with van der Waals surface area (Å²) in [6, 6.07) is 0. The quantitative estimate of drug-likeness (QED) is 0.531. The van der Waals surface area contributed by atoms with Crippen molar-refractivity contribution < 1.29 is 8.78 Å². The van der Waals surface area contributed by atoms with Gasteiger partial charge in [-0.1, -0.05) is 36.4 Å². The van der Waals surface area contributed by atoms with Crippen LogP contribution in [0.15, 0.2) is 0 Å². The smallest absolute Gasteiger partial charge is 0.206 e. The summed E-state index contributed by atoms with van der Waals surface area (Å²) in [7, 11) is 0. The molecule has 0 aliphatic carbocycles. The van der Waals surface area contributed by atoms with Crippen LogP contribution in [-0.2, 0) is 0 Å². The van der Waals surface area contributed by atoms with Gasteiger partial charge in [0, 0.05) is 6.42 Å². The van der Waals surface area contributed by atoms with Gasteiger partial charge in [-0.2, -0.15) is 0 Å². The summed E-state index contributed by atoms with van der Waals surface area (Å²) < 4.78 is 24.7. The molecule has 0 aromatic heterocycles. The average Bonchev–Trinajstić information content (AvgIpc) is 1.63. The highest BCUT2D eigenvalue weighted by atomic mass is 127. The topological polar surface area (TPSA) is 0 Å². The largest absolute Gasteiger partial charge is 0.257 e. The summed E-state index contributed by atoms with van der Waals surface area (Å²) in [5.74, 6) is -2.36. The lowest BCUT2D eigenvalue weighted by Crippen LogP contribution is -2.19. The minimum Gasteiger partial charge on any atom is -0.206 e. The van der Waals surface area contributed by atoms with Crippen LogP contribution in [0.4, 0.5) is 8.78 Å². The molecule has 0 amide bonds. The molecular weight excluding hydrogens is 237 g/mol. The summed E-state index contributed by atoms with van der Waals surface area (Å²) >= 11 is 1.71. The fourth-order valence-electron chi connectivity index (χ4n) is 0.652. The van der Waals surface area contributed by atoms with Gasteiger partial charge in [-0.25, -0.2) is 8.78 Å². The van der Waals surface area contributed by atoms with E-state index in [2.05, 4.69) is 0 Å². The van der Waals surface area contributed by atoms with Crippen molar-refractivity contribution in [1.29, 1.82) is 0 Å². The van der Waals surface area contributed by atoms with Gasteiger partial charge in [0.05, 0.1) is 4.43 Å². The van der Waals surface area contributed by atoms with Gasteiger partial charge in [0.2, 0.25) is 0 Å². The minimum absolute atomic E-state index is 0.00986. The molecule has 0 radical (unpaired) electrons. The summed E-state index contributed by atoms with van der Waals surface area (Å²) in [4.78, 5) is 0. The molecule has 56 valence electrons. The van der Waals surface area contributed by atoms with E-state index in [1.807, 2.05) is 0 Å². The molecule has 0 aliphatic rings. The summed E-state index contributed by atoms with van der Waals surface area (Å²) in [6.07, 6.45) is 0.00986. The predicted molar refractivity (Wildman–Crippen MR) is 43.3 cm³/mol. The Morgan fingerprint density at radius 2 is 1.89 bits per heavy atom. The second kappa shape index (κ2) is 3.68. The zero-order valence-corrected chi connectivity index (χ0v) is 7.78.